The van der Waals surface area contributed by atoms with Crippen molar-refractivity contribution in [2.24, 2.45) is 11.3 Å². The Morgan fingerprint density at radius 2 is 1.77 bits per heavy atom. The normalized spacial score (nSPS) is 28.6. The molecule has 0 radical (unpaired) electrons. The minimum absolute atomic E-state index is 0.0725. The average Bonchev–Trinajstić information content (AvgIpc) is 2.86. The molecule has 1 saturated carbocycles. The van der Waals surface area contributed by atoms with Crippen molar-refractivity contribution in [1.82, 2.24) is 15.1 Å². The van der Waals surface area contributed by atoms with E-state index in [1.54, 1.807) is 32.1 Å². The molecule has 0 aliphatic heterocycles. The summed E-state index contributed by atoms with van der Waals surface area (Å²) in [4.78, 5) is 44.2. The lowest BCUT2D eigenvalue weighted by Gasteiger charge is -2.55. The van der Waals surface area contributed by atoms with Crippen molar-refractivity contribution >= 4 is 23.1 Å². The first-order chi connectivity index (χ1) is 18.3. The van der Waals surface area contributed by atoms with Crippen LogP contribution in [0.3, 0.4) is 0 Å². The van der Waals surface area contributed by atoms with Crippen LogP contribution in [0.5, 0.6) is 5.75 Å². The number of carbonyl (C=O) groups excluding carboxylic acids is 3. The molecule has 0 amide bonds. The maximum atomic E-state index is 14.5. The molecule has 4 atom stereocenters. The molecule has 0 bridgehead atoms. The first-order valence-corrected chi connectivity index (χ1v) is 13.4. The predicted octanol–water partition coefficient (Wildman–Crippen LogP) is 1.50. The maximum Gasteiger partial charge on any atom is 0.202 e. The summed E-state index contributed by atoms with van der Waals surface area (Å²) in [5.74, 6) is -5.08. The van der Waals surface area contributed by atoms with Crippen LogP contribution in [0.25, 0.3) is 5.76 Å². The van der Waals surface area contributed by atoms with E-state index in [9.17, 15) is 34.8 Å². The topological polar surface area (TPSA) is 151 Å². The Morgan fingerprint density at radius 1 is 1.13 bits per heavy atom. The number of benzene rings is 1. The van der Waals surface area contributed by atoms with Crippen molar-refractivity contribution in [3.05, 3.63) is 45.7 Å². The van der Waals surface area contributed by atoms with E-state index in [0.29, 0.717) is 31.7 Å². The highest BCUT2D eigenvalue weighted by atomic mass is 16.3. The molecule has 39 heavy (non-hydrogen) atoms. The van der Waals surface area contributed by atoms with Crippen LogP contribution in [0.15, 0.2) is 29.0 Å². The number of hydrogen-bond acceptors (Lipinski definition) is 10. The second kappa shape index (κ2) is 10.2. The van der Waals surface area contributed by atoms with E-state index >= 15 is 0 Å². The summed E-state index contributed by atoms with van der Waals surface area (Å²) < 4.78 is 0. The van der Waals surface area contributed by atoms with Crippen molar-refractivity contribution in [2.75, 3.05) is 40.8 Å². The molecule has 0 saturated heterocycles. The van der Waals surface area contributed by atoms with Gasteiger partial charge in [0.05, 0.1) is 11.6 Å². The van der Waals surface area contributed by atoms with Crippen LogP contribution in [-0.2, 0) is 27.3 Å². The molecule has 0 aromatic heterocycles. The number of aliphatic hydroxyl groups excluding tert-OH is 2. The second-order valence-corrected chi connectivity index (χ2v) is 11.2. The van der Waals surface area contributed by atoms with E-state index in [-0.39, 0.29) is 29.7 Å². The summed E-state index contributed by atoms with van der Waals surface area (Å²) in [6, 6.07) is 2.17. The zero-order valence-electron chi connectivity index (χ0n) is 23.5. The molecule has 0 unspecified atom stereocenters. The van der Waals surface area contributed by atoms with E-state index < -0.39 is 57.4 Å². The summed E-state index contributed by atoms with van der Waals surface area (Å²) in [6.45, 7) is 7.18. The number of nitrogens with one attached hydrogen (secondary N) is 1. The first-order valence-electron chi connectivity index (χ1n) is 13.4. The van der Waals surface area contributed by atoms with Crippen LogP contribution < -0.4 is 5.32 Å². The quantitative estimate of drug-likeness (QED) is 0.306. The van der Waals surface area contributed by atoms with Crippen LogP contribution in [-0.4, -0.2) is 100.0 Å². The monoisotopic (exact) mass is 541 g/mol. The van der Waals surface area contributed by atoms with Gasteiger partial charge in [-0.1, -0.05) is 19.9 Å². The highest BCUT2D eigenvalue weighted by molar-refractivity contribution is 6.25. The Morgan fingerprint density at radius 3 is 2.31 bits per heavy atom. The van der Waals surface area contributed by atoms with Gasteiger partial charge in [-0.2, -0.15) is 0 Å². The molecule has 212 valence electrons. The fraction of sp³-hybridized carbons (Fsp3) is 0.552. The number of phenols is 1. The zero-order chi connectivity index (χ0) is 29.0. The summed E-state index contributed by atoms with van der Waals surface area (Å²) in [5.41, 5.74) is -2.70. The van der Waals surface area contributed by atoms with Crippen molar-refractivity contribution in [3.63, 3.8) is 0 Å². The number of nitrogens with zero attached hydrogens (tertiary/aromatic N) is 2. The van der Waals surface area contributed by atoms with Gasteiger partial charge in [-0.3, -0.25) is 19.3 Å². The minimum Gasteiger partial charge on any atom is -0.508 e. The Labute approximate surface area is 228 Å². The number of rotatable bonds is 8. The van der Waals surface area contributed by atoms with E-state index in [2.05, 4.69) is 10.2 Å². The number of ketones is 3. The second-order valence-electron chi connectivity index (χ2n) is 11.2. The SMILES string of the molecule is CCN(CC)C[C@@]12Cc3c(CNC)ccc(O)c3C(O)=C1C(=O)[C@]1(O)C(O)=C(C(C)=O)C(=O)[C@@H](N(C)C)[C@@H]1C2. The van der Waals surface area contributed by atoms with Crippen LogP contribution >= 0.6 is 0 Å². The molecule has 4 rings (SSSR count). The average molecular weight is 542 g/mol. The molecular weight excluding hydrogens is 502 g/mol. The van der Waals surface area contributed by atoms with Crippen LogP contribution in [0, 0.1) is 11.3 Å². The lowest BCUT2D eigenvalue weighted by atomic mass is 9.51. The fourth-order valence-corrected chi connectivity index (χ4v) is 7.02. The van der Waals surface area contributed by atoms with Gasteiger partial charge in [0.1, 0.15) is 22.8 Å². The van der Waals surface area contributed by atoms with Crippen molar-refractivity contribution in [3.8, 4) is 5.75 Å². The fourth-order valence-electron chi connectivity index (χ4n) is 7.02. The molecule has 0 heterocycles. The number of Topliss-reactive ketones (excluding diaryl/α,β-unsaturated/α-hetero) is 3. The number of carbonyl (C=O) groups is 3. The molecule has 10 nitrogen and oxygen atoms in total. The summed E-state index contributed by atoms with van der Waals surface area (Å²) >= 11 is 0. The number of aliphatic hydroxyl groups is 3. The first kappa shape index (κ1) is 28.9. The van der Waals surface area contributed by atoms with E-state index in [4.69, 9.17) is 0 Å². The third kappa shape index (κ3) is 4.12. The largest absolute Gasteiger partial charge is 0.508 e. The number of phenolic OH excluding ortho intramolecular Hbond substituents is 1. The van der Waals surface area contributed by atoms with Gasteiger partial charge in [0.2, 0.25) is 5.78 Å². The third-order valence-corrected chi connectivity index (χ3v) is 8.82. The van der Waals surface area contributed by atoms with Crippen LogP contribution in [0.1, 0.15) is 43.9 Å². The molecule has 3 aliphatic rings. The molecular formula is C29H39N3O7. The van der Waals surface area contributed by atoms with Gasteiger partial charge in [0.15, 0.2) is 17.2 Å². The number of likely N-dealkylation sites (N-methyl/N-ethyl adjacent to an activating group) is 1. The van der Waals surface area contributed by atoms with Crippen molar-refractivity contribution in [1.29, 1.82) is 0 Å². The molecule has 1 aromatic rings. The molecule has 10 heteroatoms. The van der Waals surface area contributed by atoms with E-state index in [1.807, 2.05) is 13.8 Å². The summed E-state index contributed by atoms with van der Waals surface area (Å²) in [7, 11) is 5.05. The van der Waals surface area contributed by atoms with E-state index in [1.165, 1.54) is 6.07 Å². The minimum atomic E-state index is -2.60. The molecule has 5 N–H and O–H groups in total. The van der Waals surface area contributed by atoms with Crippen LogP contribution in [0.2, 0.25) is 0 Å². The predicted molar refractivity (Wildman–Crippen MR) is 145 cm³/mol. The van der Waals surface area contributed by atoms with Gasteiger partial charge in [-0.25, -0.2) is 0 Å². The highest BCUT2D eigenvalue weighted by Gasteiger charge is 2.67. The lowest BCUT2D eigenvalue weighted by molar-refractivity contribution is -0.157. The van der Waals surface area contributed by atoms with Gasteiger partial charge in [-0.15, -0.1) is 0 Å². The molecule has 0 spiro atoms. The smallest absolute Gasteiger partial charge is 0.202 e. The van der Waals surface area contributed by atoms with E-state index in [0.717, 1.165) is 12.5 Å². The van der Waals surface area contributed by atoms with Crippen LogP contribution in [0.4, 0.5) is 0 Å². The van der Waals surface area contributed by atoms with Gasteiger partial charge >= 0.3 is 0 Å². The Hall–Kier alpha value is -3.05. The summed E-state index contributed by atoms with van der Waals surface area (Å²) in [5, 5.41) is 48.9. The van der Waals surface area contributed by atoms with Crippen molar-refractivity contribution in [2.45, 2.75) is 51.8 Å². The molecule has 1 aromatic carbocycles. The Kier molecular flexibility index (Phi) is 7.54. The number of fused-ring (bicyclic) bond motifs is 3. The highest BCUT2D eigenvalue weighted by Crippen LogP contribution is 2.58. The summed E-state index contributed by atoms with van der Waals surface area (Å²) in [6.07, 6.45) is 0.337. The maximum absolute atomic E-state index is 14.5. The van der Waals surface area contributed by atoms with Gasteiger partial charge in [0, 0.05) is 30.0 Å². The molecule has 3 aliphatic carbocycles. The standard InChI is InChI=1S/C29H39N3O7/c1-7-32(8-2)14-28-11-17-16(13-30-4)9-10-19(34)21(17)24(35)22(28)27(38)29(39)18(12-28)23(31(5)6)25(36)20(15(3)33)26(29)37/h9-10,18,23,30,34-35,37,39H,7-8,11-14H2,1-6H3/t18-,23-,28-,29+/m0/s1. The van der Waals surface area contributed by atoms with Crippen molar-refractivity contribution < 1.29 is 34.8 Å². The van der Waals surface area contributed by atoms with Gasteiger partial charge in [-0.05, 0) is 71.2 Å². The third-order valence-electron chi connectivity index (χ3n) is 8.82. The van der Waals surface area contributed by atoms with Gasteiger partial charge in [0.25, 0.3) is 0 Å². The Bertz CT molecular complexity index is 1300. The zero-order valence-corrected chi connectivity index (χ0v) is 23.5. The number of aromatic hydroxyl groups is 1. The molecule has 1 fully saturated rings. The number of hydrogen-bond donors (Lipinski definition) is 5. The van der Waals surface area contributed by atoms with Gasteiger partial charge < -0.3 is 30.6 Å². The lowest BCUT2D eigenvalue weighted by Crippen LogP contribution is -2.68. The Balaban J connectivity index is 2.09.